The summed E-state index contributed by atoms with van der Waals surface area (Å²) in [5.74, 6) is 0.555. The lowest BCUT2D eigenvalue weighted by molar-refractivity contribution is 0.321. The van der Waals surface area contributed by atoms with Crippen molar-refractivity contribution in [1.82, 2.24) is 15.5 Å². The molecule has 0 radical (unpaired) electrons. The fraction of sp³-hybridized carbons (Fsp3) is 0.429. The number of nitrogens with one attached hydrogen (secondary N) is 1. The van der Waals surface area contributed by atoms with Gasteiger partial charge in [-0.25, -0.2) is 4.39 Å². The number of hydrogen-bond donors (Lipinski definition) is 1. The van der Waals surface area contributed by atoms with Crippen LogP contribution in [0.3, 0.4) is 0 Å². The summed E-state index contributed by atoms with van der Waals surface area (Å²) in [5.41, 5.74) is 0.475. The van der Waals surface area contributed by atoms with Crippen molar-refractivity contribution in [2.75, 3.05) is 13.7 Å². The van der Waals surface area contributed by atoms with Gasteiger partial charge in [0.2, 0.25) is 0 Å². The summed E-state index contributed by atoms with van der Waals surface area (Å²) in [6.07, 6.45) is 0.638. The highest BCUT2D eigenvalue weighted by Crippen LogP contribution is 2.31. The Bertz CT molecular complexity index is 571. The molecule has 5 nitrogen and oxygen atoms in total. The fourth-order valence-corrected chi connectivity index (χ4v) is 1.79. The molecule has 1 heterocycles. The Labute approximate surface area is 117 Å². The molecule has 0 bridgehead atoms. The minimum Gasteiger partial charge on any atom is -0.490 e. The highest BCUT2D eigenvalue weighted by atomic mass is 19.1. The van der Waals surface area contributed by atoms with E-state index in [2.05, 4.69) is 15.5 Å². The van der Waals surface area contributed by atoms with Crippen LogP contribution in [0, 0.1) is 5.82 Å². The number of benzene rings is 1. The monoisotopic (exact) mass is 279 g/mol. The van der Waals surface area contributed by atoms with Crippen molar-refractivity contribution in [3.8, 4) is 17.2 Å². The van der Waals surface area contributed by atoms with Crippen molar-refractivity contribution in [2.45, 2.75) is 26.3 Å². The van der Waals surface area contributed by atoms with E-state index >= 15 is 0 Å². The molecule has 0 amide bonds. The maximum Gasteiger partial charge on any atom is 0.261 e. The number of halogens is 1. The van der Waals surface area contributed by atoms with E-state index in [4.69, 9.17) is 9.26 Å². The Morgan fingerprint density at radius 2 is 2.25 bits per heavy atom. The van der Waals surface area contributed by atoms with Crippen molar-refractivity contribution in [2.24, 2.45) is 0 Å². The van der Waals surface area contributed by atoms with Crippen molar-refractivity contribution >= 4 is 0 Å². The Morgan fingerprint density at radius 1 is 1.45 bits per heavy atom. The van der Waals surface area contributed by atoms with Crippen molar-refractivity contribution in [3.05, 3.63) is 29.8 Å². The number of likely N-dealkylation sites (N-methyl/N-ethyl adjacent to an activating group) is 1. The van der Waals surface area contributed by atoms with E-state index in [1.165, 1.54) is 6.07 Å². The van der Waals surface area contributed by atoms with Gasteiger partial charge in [-0.1, -0.05) is 11.2 Å². The first-order valence-corrected chi connectivity index (χ1v) is 6.57. The molecule has 0 aliphatic heterocycles. The first-order chi connectivity index (χ1) is 9.65. The van der Waals surface area contributed by atoms with Crippen LogP contribution >= 0.6 is 0 Å². The predicted octanol–water partition coefficient (Wildman–Crippen LogP) is 2.42. The van der Waals surface area contributed by atoms with Gasteiger partial charge in [-0.15, -0.1) is 0 Å². The van der Waals surface area contributed by atoms with Crippen molar-refractivity contribution in [1.29, 1.82) is 0 Å². The van der Waals surface area contributed by atoms with Crippen molar-refractivity contribution < 1.29 is 13.7 Å². The third kappa shape index (κ3) is 3.14. The Kier molecular flexibility index (Phi) is 4.68. The molecular formula is C14H18FN3O2. The predicted molar refractivity (Wildman–Crippen MR) is 73.1 cm³/mol. The quantitative estimate of drug-likeness (QED) is 0.880. The second-order valence-electron chi connectivity index (χ2n) is 4.46. The van der Waals surface area contributed by atoms with Gasteiger partial charge in [0.15, 0.2) is 17.4 Å². The maximum atomic E-state index is 13.8. The molecule has 1 aromatic carbocycles. The summed E-state index contributed by atoms with van der Waals surface area (Å²) in [7, 11) is 1.87. The van der Waals surface area contributed by atoms with Gasteiger partial charge in [-0.2, -0.15) is 4.98 Å². The number of aromatic nitrogens is 2. The van der Waals surface area contributed by atoms with Gasteiger partial charge >= 0.3 is 0 Å². The normalized spacial score (nSPS) is 12.4. The Hall–Kier alpha value is -1.95. The average Bonchev–Trinajstić information content (AvgIpc) is 2.89. The van der Waals surface area contributed by atoms with Crippen LogP contribution in [0.15, 0.2) is 22.7 Å². The van der Waals surface area contributed by atoms with Gasteiger partial charge < -0.3 is 14.6 Å². The summed E-state index contributed by atoms with van der Waals surface area (Å²) in [4.78, 5) is 4.29. The first-order valence-electron chi connectivity index (χ1n) is 6.57. The zero-order valence-electron chi connectivity index (χ0n) is 11.8. The molecule has 1 aromatic heterocycles. The SMILES string of the molecule is CCOc1c(F)cccc1-c1nc(CC(C)NC)no1. The number of ether oxygens (including phenoxy) is 1. The molecule has 1 N–H and O–H groups in total. The van der Waals surface area contributed by atoms with Gasteiger partial charge in [-0.05, 0) is 33.0 Å². The second kappa shape index (κ2) is 6.47. The van der Waals surface area contributed by atoms with Crippen LogP contribution in [0.1, 0.15) is 19.7 Å². The van der Waals surface area contributed by atoms with E-state index < -0.39 is 5.82 Å². The highest BCUT2D eigenvalue weighted by molar-refractivity contribution is 5.62. The summed E-state index contributed by atoms with van der Waals surface area (Å²) >= 11 is 0. The van der Waals surface area contributed by atoms with E-state index in [0.29, 0.717) is 24.4 Å². The Morgan fingerprint density at radius 3 is 2.95 bits per heavy atom. The van der Waals surface area contributed by atoms with Gasteiger partial charge in [0.25, 0.3) is 5.89 Å². The van der Waals surface area contributed by atoms with E-state index in [0.717, 1.165) is 0 Å². The third-order valence-electron chi connectivity index (χ3n) is 2.94. The van der Waals surface area contributed by atoms with Crippen LogP contribution in [-0.2, 0) is 6.42 Å². The van der Waals surface area contributed by atoms with Gasteiger partial charge in [0.1, 0.15) is 0 Å². The molecule has 1 unspecified atom stereocenters. The maximum absolute atomic E-state index is 13.8. The zero-order chi connectivity index (χ0) is 14.5. The molecular weight excluding hydrogens is 261 g/mol. The molecule has 0 aliphatic carbocycles. The van der Waals surface area contributed by atoms with E-state index in [1.807, 2.05) is 14.0 Å². The topological polar surface area (TPSA) is 60.2 Å². The van der Waals surface area contributed by atoms with Crippen LogP contribution in [0.25, 0.3) is 11.5 Å². The molecule has 20 heavy (non-hydrogen) atoms. The van der Waals surface area contributed by atoms with Crippen molar-refractivity contribution in [3.63, 3.8) is 0 Å². The number of nitrogens with zero attached hydrogens (tertiary/aromatic N) is 2. The lowest BCUT2D eigenvalue weighted by atomic mass is 10.2. The standard InChI is InChI=1S/C14H18FN3O2/c1-4-19-13-10(6-5-7-11(13)15)14-17-12(18-20-14)8-9(2)16-3/h5-7,9,16H,4,8H2,1-3H3. The van der Waals surface area contributed by atoms with E-state index in [9.17, 15) is 4.39 Å². The van der Waals surface area contributed by atoms with Gasteiger partial charge in [0, 0.05) is 12.5 Å². The molecule has 0 aliphatic rings. The Balaban J connectivity index is 2.30. The van der Waals surface area contributed by atoms with Gasteiger partial charge in [0.05, 0.1) is 12.2 Å². The number of para-hydroxylation sites is 1. The van der Waals surface area contributed by atoms with Crippen LogP contribution in [0.2, 0.25) is 0 Å². The summed E-state index contributed by atoms with van der Waals surface area (Å²) in [5, 5.41) is 7.00. The minimum absolute atomic E-state index is 0.145. The largest absolute Gasteiger partial charge is 0.490 e. The third-order valence-corrected chi connectivity index (χ3v) is 2.94. The molecule has 0 saturated heterocycles. The number of hydrogen-bond acceptors (Lipinski definition) is 5. The van der Waals surface area contributed by atoms with Crippen LogP contribution in [0.4, 0.5) is 4.39 Å². The van der Waals surface area contributed by atoms with Crippen LogP contribution in [0.5, 0.6) is 5.75 Å². The summed E-state index contributed by atoms with van der Waals surface area (Å²) < 4.78 is 24.3. The lowest BCUT2D eigenvalue weighted by Crippen LogP contribution is -2.24. The molecule has 0 spiro atoms. The molecule has 6 heteroatoms. The number of rotatable bonds is 6. The lowest BCUT2D eigenvalue weighted by Gasteiger charge is -2.07. The molecule has 108 valence electrons. The average molecular weight is 279 g/mol. The second-order valence-corrected chi connectivity index (χ2v) is 4.46. The zero-order valence-corrected chi connectivity index (χ0v) is 11.8. The fourth-order valence-electron chi connectivity index (χ4n) is 1.79. The van der Waals surface area contributed by atoms with E-state index in [-0.39, 0.29) is 17.7 Å². The van der Waals surface area contributed by atoms with Gasteiger partial charge in [-0.3, -0.25) is 0 Å². The molecule has 0 fully saturated rings. The smallest absolute Gasteiger partial charge is 0.261 e. The summed E-state index contributed by atoms with van der Waals surface area (Å²) in [6, 6.07) is 4.87. The molecule has 2 rings (SSSR count). The molecule has 2 aromatic rings. The molecule has 1 atom stereocenters. The highest BCUT2D eigenvalue weighted by Gasteiger charge is 2.17. The van der Waals surface area contributed by atoms with Crippen LogP contribution < -0.4 is 10.1 Å². The first kappa shape index (κ1) is 14.5. The summed E-state index contributed by atoms with van der Waals surface area (Å²) in [6.45, 7) is 4.18. The minimum atomic E-state index is -0.437. The van der Waals surface area contributed by atoms with Crippen LogP contribution in [-0.4, -0.2) is 29.8 Å². The van der Waals surface area contributed by atoms with E-state index in [1.54, 1.807) is 19.1 Å². The molecule has 0 saturated carbocycles.